The Balaban J connectivity index is 0.00000225. The Morgan fingerprint density at radius 3 is 2.13 bits per heavy atom. The number of amides is 3. The maximum atomic E-state index is 12.6. The average Bonchev–Trinajstić information content (AvgIpc) is 2.65. The van der Waals surface area contributed by atoms with Crippen molar-refractivity contribution in [3.63, 3.8) is 0 Å². The van der Waals surface area contributed by atoms with E-state index in [1.54, 1.807) is 24.3 Å². The number of rotatable bonds is 4. The Bertz CT molecular complexity index is 691. The molecule has 170 valence electrons. The SMILES string of the molecule is CN1CCC(NC(=O)Nc2ccc(NC(=O)C3CCCCC3(C)N)cc2)CC1.Cl.Cl. The van der Waals surface area contributed by atoms with Crippen molar-refractivity contribution in [1.82, 2.24) is 10.2 Å². The van der Waals surface area contributed by atoms with Crippen molar-refractivity contribution in [2.45, 2.75) is 57.0 Å². The molecule has 0 radical (unpaired) electrons. The first-order valence-corrected chi connectivity index (χ1v) is 10.3. The second-order valence-electron chi connectivity index (χ2n) is 8.55. The summed E-state index contributed by atoms with van der Waals surface area (Å²) in [5, 5.41) is 8.85. The largest absolute Gasteiger partial charge is 0.335 e. The highest BCUT2D eigenvalue weighted by molar-refractivity contribution is 5.94. The standard InChI is InChI=1S/C21H33N5O2.2ClH/c1-21(22)12-4-3-5-18(21)19(27)23-15-6-8-16(9-7-15)24-20(28)25-17-10-13-26(2)14-11-17;;/h6-9,17-18H,3-5,10-14,22H2,1-2H3,(H,23,27)(H2,24,25,28);2*1H. The third-order valence-corrected chi connectivity index (χ3v) is 6.03. The van der Waals surface area contributed by atoms with Gasteiger partial charge in [0.15, 0.2) is 0 Å². The van der Waals surface area contributed by atoms with Gasteiger partial charge in [-0.1, -0.05) is 12.8 Å². The molecule has 0 spiro atoms. The maximum absolute atomic E-state index is 12.6. The number of urea groups is 1. The van der Waals surface area contributed by atoms with Gasteiger partial charge in [-0.25, -0.2) is 4.79 Å². The molecule has 5 N–H and O–H groups in total. The average molecular weight is 460 g/mol. The smallest absolute Gasteiger partial charge is 0.319 e. The van der Waals surface area contributed by atoms with E-state index in [9.17, 15) is 9.59 Å². The van der Waals surface area contributed by atoms with Gasteiger partial charge in [0, 0.05) is 23.0 Å². The van der Waals surface area contributed by atoms with E-state index < -0.39 is 5.54 Å². The van der Waals surface area contributed by atoms with E-state index in [0.29, 0.717) is 11.4 Å². The fourth-order valence-corrected chi connectivity index (χ4v) is 4.16. The van der Waals surface area contributed by atoms with Crippen LogP contribution in [0.5, 0.6) is 0 Å². The van der Waals surface area contributed by atoms with Crippen LogP contribution in [-0.4, -0.2) is 48.6 Å². The number of hydrogen-bond donors (Lipinski definition) is 4. The Kier molecular flexibility index (Phi) is 10.4. The number of carbonyl (C=O) groups excluding carboxylic acids is 2. The minimum Gasteiger partial charge on any atom is -0.335 e. The van der Waals surface area contributed by atoms with E-state index in [2.05, 4.69) is 27.9 Å². The molecule has 0 bridgehead atoms. The van der Waals surface area contributed by atoms with Gasteiger partial charge in [0.05, 0.1) is 5.92 Å². The first-order chi connectivity index (χ1) is 13.3. The van der Waals surface area contributed by atoms with Gasteiger partial charge in [-0.3, -0.25) is 4.79 Å². The van der Waals surface area contributed by atoms with Crippen molar-refractivity contribution in [1.29, 1.82) is 0 Å². The van der Waals surface area contributed by atoms with Crippen molar-refractivity contribution >= 4 is 48.1 Å². The Morgan fingerprint density at radius 1 is 1.00 bits per heavy atom. The lowest BCUT2D eigenvalue weighted by atomic mass is 9.74. The van der Waals surface area contributed by atoms with Crippen LogP contribution >= 0.6 is 24.8 Å². The van der Waals surface area contributed by atoms with Crippen LogP contribution < -0.4 is 21.7 Å². The summed E-state index contributed by atoms with van der Waals surface area (Å²) in [6, 6.07) is 7.24. The zero-order chi connectivity index (χ0) is 20.1. The molecule has 2 fully saturated rings. The summed E-state index contributed by atoms with van der Waals surface area (Å²) >= 11 is 0. The number of carbonyl (C=O) groups is 2. The lowest BCUT2D eigenvalue weighted by Gasteiger charge is -2.37. The zero-order valence-electron chi connectivity index (χ0n) is 17.8. The van der Waals surface area contributed by atoms with E-state index in [1.165, 1.54) is 0 Å². The lowest BCUT2D eigenvalue weighted by Crippen LogP contribution is -2.51. The molecule has 1 heterocycles. The van der Waals surface area contributed by atoms with Crippen LogP contribution in [-0.2, 0) is 4.79 Å². The topological polar surface area (TPSA) is 99.5 Å². The third kappa shape index (κ3) is 7.30. The number of benzene rings is 1. The summed E-state index contributed by atoms with van der Waals surface area (Å²) in [6.07, 6.45) is 5.76. The van der Waals surface area contributed by atoms with Crippen molar-refractivity contribution < 1.29 is 9.59 Å². The fraction of sp³-hybridized carbons (Fsp3) is 0.619. The predicted molar refractivity (Wildman–Crippen MR) is 127 cm³/mol. The number of hydrogen-bond acceptors (Lipinski definition) is 4. The summed E-state index contributed by atoms with van der Waals surface area (Å²) in [5.74, 6) is -0.190. The van der Waals surface area contributed by atoms with Crippen LogP contribution in [0.4, 0.5) is 16.2 Å². The molecule has 0 aromatic heterocycles. The van der Waals surface area contributed by atoms with Crippen LogP contribution in [0, 0.1) is 5.92 Å². The molecule has 30 heavy (non-hydrogen) atoms. The van der Waals surface area contributed by atoms with Crippen LogP contribution in [0.15, 0.2) is 24.3 Å². The van der Waals surface area contributed by atoms with Gasteiger partial charge < -0.3 is 26.6 Å². The Morgan fingerprint density at radius 2 is 1.57 bits per heavy atom. The number of piperidine rings is 1. The molecular formula is C21H35Cl2N5O2. The van der Waals surface area contributed by atoms with Crippen LogP contribution in [0.3, 0.4) is 0 Å². The Labute approximate surface area is 191 Å². The fourth-order valence-electron chi connectivity index (χ4n) is 4.16. The number of likely N-dealkylation sites (tertiary alicyclic amines) is 1. The van der Waals surface area contributed by atoms with Crippen molar-refractivity contribution in [3.05, 3.63) is 24.3 Å². The number of anilines is 2. The van der Waals surface area contributed by atoms with E-state index >= 15 is 0 Å². The van der Waals surface area contributed by atoms with Crippen LogP contribution in [0.25, 0.3) is 0 Å². The molecule has 3 amide bonds. The van der Waals surface area contributed by atoms with E-state index in [-0.39, 0.29) is 48.7 Å². The molecule has 2 aliphatic rings. The molecule has 1 aliphatic heterocycles. The molecule has 1 aromatic carbocycles. The van der Waals surface area contributed by atoms with Gasteiger partial charge in [0.25, 0.3) is 0 Å². The van der Waals surface area contributed by atoms with Gasteiger partial charge in [-0.15, -0.1) is 24.8 Å². The number of nitrogens with zero attached hydrogens (tertiary/aromatic N) is 1. The van der Waals surface area contributed by atoms with Crippen LogP contribution in [0.1, 0.15) is 45.4 Å². The van der Waals surface area contributed by atoms with Crippen molar-refractivity contribution in [2.24, 2.45) is 11.7 Å². The third-order valence-electron chi connectivity index (χ3n) is 6.03. The molecule has 1 saturated heterocycles. The normalized spacial score (nSPS) is 24.7. The van der Waals surface area contributed by atoms with E-state index in [1.807, 2.05) is 6.92 Å². The molecule has 1 aliphatic carbocycles. The highest BCUT2D eigenvalue weighted by atomic mass is 35.5. The van der Waals surface area contributed by atoms with Crippen LogP contribution in [0.2, 0.25) is 0 Å². The highest BCUT2D eigenvalue weighted by Crippen LogP contribution is 2.32. The predicted octanol–water partition coefficient (Wildman–Crippen LogP) is 3.59. The number of nitrogens with one attached hydrogen (secondary N) is 3. The van der Waals surface area contributed by atoms with Gasteiger partial charge >= 0.3 is 6.03 Å². The summed E-state index contributed by atoms with van der Waals surface area (Å²) < 4.78 is 0. The van der Waals surface area contributed by atoms with Gasteiger partial charge in [0.1, 0.15) is 0 Å². The molecule has 2 atom stereocenters. The summed E-state index contributed by atoms with van der Waals surface area (Å²) in [5.41, 5.74) is 7.29. The quantitative estimate of drug-likeness (QED) is 0.552. The monoisotopic (exact) mass is 459 g/mol. The minimum atomic E-state index is -0.449. The maximum Gasteiger partial charge on any atom is 0.319 e. The molecular weight excluding hydrogens is 425 g/mol. The first kappa shape index (κ1) is 26.5. The zero-order valence-corrected chi connectivity index (χ0v) is 19.4. The lowest BCUT2D eigenvalue weighted by molar-refractivity contribution is -0.122. The second kappa shape index (κ2) is 11.7. The summed E-state index contributed by atoms with van der Waals surface area (Å²) in [6.45, 7) is 3.97. The Hall–Kier alpha value is -1.54. The first-order valence-electron chi connectivity index (χ1n) is 10.3. The van der Waals surface area contributed by atoms with Gasteiger partial charge in [0.2, 0.25) is 5.91 Å². The van der Waals surface area contributed by atoms with Gasteiger partial charge in [-0.05, 0) is 77.0 Å². The molecule has 2 unspecified atom stereocenters. The molecule has 9 heteroatoms. The van der Waals surface area contributed by atoms with E-state index in [0.717, 1.165) is 51.6 Å². The van der Waals surface area contributed by atoms with Crippen molar-refractivity contribution in [2.75, 3.05) is 30.8 Å². The van der Waals surface area contributed by atoms with E-state index in [4.69, 9.17) is 5.73 Å². The molecule has 7 nitrogen and oxygen atoms in total. The highest BCUT2D eigenvalue weighted by Gasteiger charge is 2.37. The van der Waals surface area contributed by atoms with Gasteiger partial charge in [-0.2, -0.15) is 0 Å². The number of halogens is 2. The summed E-state index contributed by atoms with van der Waals surface area (Å²) in [7, 11) is 2.10. The second-order valence-corrected chi connectivity index (χ2v) is 8.55. The molecule has 3 rings (SSSR count). The minimum absolute atomic E-state index is 0. The molecule has 1 aromatic rings. The summed E-state index contributed by atoms with van der Waals surface area (Å²) in [4.78, 5) is 27.1. The van der Waals surface area contributed by atoms with Crippen molar-refractivity contribution in [3.8, 4) is 0 Å². The number of nitrogens with two attached hydrogens (primary N) is 1. The molecule has 1 saturated carbocycles.